The molecule has 2 rings (SSSR count). The summed E-state index contributed by atoms with van der Waals surface area (Å²) in [6.45, 7) is 7.68. The number of aromatic nitrogens is 2. The van der Waals surface area contributed by atoms with Crippen molar-refractivity contribution >= 4 is 11.8 Å². The molecule has 1 saturated heterocycles. The molecular weight excluding hydrogens is 258 g/mol. The number of nitrogen functional groups attached to an aromatic ring is 1. The summed E-state index contributed by atoms with van der Waals surface area (Å²) in [6, 6.07) is 0. The number of imidazole rings is 1. The molecule has 0 radical (unpaired) electrons. The minimum absolute atomic E-state index is 0.215. The lowest BCUT2D eigenvalue weighted by atomic mass is 10.0. The third-order valence-corrected chi connectivity index (χ3v) is 3.82. The smallest absolute Gasteiger partial charge is 0.360 e. The van der Waals surface area contributed by atoms with E-state index in [1.54, 1.807) is 6.92 Å². The Labute approximate surface area is 119 Å². The molecule has 0 spiro atoms. The zero-order valence-electron chi connectivity index (χ0n) is 12.4. The predicted molar refractivity (Wildman–Crippen MR) is 75.5 cm³/mol. The molecule has 1 aliphatic heterocycles. The first-order valence-corrected chi connectivity index (χ1v) is 7.22. The van der Waals surface area contributed by atoms with Gasteiger partial charge in [0, 0.05) is 25.5 Å². The average molecular weight is 281 g/mol. The molecule has 6 nitrogen and oxygen atoms in total. The second-order valence-electron chi connectivity index (χ2n) is 5.07. The fraction of sp³-hybridized carbons (Fsp3) is 0.714. The van der Waals surface area contributed by atoms with E-state index in [2.05, 4.69) is 11.9 Å². The van der Waals surface area contributed by atoms with Crippen LogP contribution in [0.1, 0.15) is 43.5 Å². The summed E-state index contributed by atoms with van der Waals surface area (Å²) in [5.74, 6) is 1.19. The van der Waals surface area contributed by atoms with Crippen molar-refractivity contribution in [3.63, 3.8) is 0 Å². The molecule has 2 heterocycles. The zero-order valence-corrected chi connectivity index (χ0v) is 12.4. The van der Waals surface area contributed by atoms with Crippen molar-refractivity contribution in [2.75, 3.05) is 18.9 Å². The Morgan fingerprint density at radius 1 is 1.55 bits per heavy atom. The highest BCUT2D eigenvalue weighted by molar-refractivity contribution is 5.92. The van der Waals surface area contributed by atoms with Crippen LogP contribution >= 0.6 is 0 Å². The molecule has 1 fully saturated rings. The Balaban J connectivity index is 2.25. The lowest BCUT2D eigenvalue weighted by molar-refractivity contribution is 0.0521. The molecule has 2 N–H and O–H groups in total. The third-order valence-electron chi connectivity index (χ3n) is 3.82. The standard InChI is InChI=1S/C14H23N3O3/c1-4-11-16-12(14(18)19-5-2)13(15)17(11)8-10-6-7-20-9(10)3/h9-10H,4-8,15H2,1-3H3. The molecule has 0 aliphatic carbocycles. The number of hydrogen-bond acceptors (Lipinski definition) is 5. The van der Waals surface area contributed by atoms with Crippen LogP contribution in [0, 0.1) is 5.92 Å². The van der Waals surface area contributed by atoms with E-state index < -0.39 is 5.97 Å². The molecule has 0 amide bonds. The van der Waals surface area contributed by atoms with E-state index >= 15 is 0 Å². The Hall–Kier alpha value is -1.56. The number of hydrogen-bond donors (Lipinski definition) is 1. The topological polar surface area (TPSA) is 79.4 Å². The van der Waals surface area contributed by atoms with Crippen LogP contribution < -0.4 is 5.73 Å². The third kappa shape index (κ3) is 2.80. The van der Waals surface area contributed by atoms with Gasteiger partial charge in [0.1, 0.15) is 11.6 Å². The molecule has 0 aromatic carbocycles. The number of ether oxygens (including phenoxy) is 2. The van der Waals surface area contributed by atoms with Gasteiger partial charge in [0.25, 0.3) is 0 Å². The minimum Gasteiger partial charge on any atom is -0.461 e. The van der Waals surface area contributed by atoms with Gasteiger partial charge in [-0.05, 0) is 20.3 Å². The number of nitrogens with zero attached hydrogens (tertiary/aromatic N) is 2. The van der Waals surface area contributed by atoms with Crippen molar-refractivity contribution in [3.05, 3.63) is 11.5 Å². The molecule has 1 aromatic rings. The number of carbonyl (C=O) groups excluding carboxylic acids is 1. The lowest BCUT2D eigenvalue weighted by Gasteiger charge is -2.17. The maximum absolute atomic E-state index is 11.8. The van der Waals surface area contributed by atoms with Crippen LogP contribution in [0.2, 0.25) is 0 Å². The summed E-state index contributed by atoms with van der Waals surface area (Å²) in [4.78, 5) is 16.2. The van der Waals surface area contributed by atoms with Gasteiger partial charge in [-0.1, -0.05) is 6.92 Å². The summed E-state index contributed by atoms with van der Waals surface area (Å²) in [7, 11) is 0. The van der Waals surface area contributed by atoms with Gasteiger partial charge in [0.2, 0.25) is 0 Å². The van der Waals surface area contributed by atoms with E-state index in [0.717, 1.165) is 31.8 Å². The van der Waals surface area contributed by atoms with Crippen LogP contribution in [-0.2, 0) is 22.4 Å². The molecule has 0 bridgehead atoms. The fourth-order valence-electron chi connectivity index (χ4n) is 2.59. The monoisotopic (exact) mass is 281 g/mol. The lowest BCUT2D eigenvalue weighted by Crippen LogP contribution is -2.20. The van der Waals surface area contributed by atoms with Gasteiger partial charge >= 0.3 is 5.97 Å². The van der Waals surface area contributed by atoms with Gasteiger partial charge in [-0.2, -0.15) is 0 Å². The minimum atomic E-state index is -0.450. The summed E-state index contributed by atoms with van der Waals surface area (Å²) < 4.78 is 12.5. The Morgan fingerprint density at radius 3 is 2.85 bits per heavy atom. The molecule has 1 aliphatic rings. The summed E-state index contributed by atoms with van der Waals surface area (Å²) in [5, 5.41) is 0. The number of aryl methyl sites for hydroxylation is 1. The van der Waals surface area contributed by atoms with Crippen molar-refractivity contribution in [1.29, 1.82) is 0 Å². The van der Waals surface area contributed by atoms with Crippen molar-refractivity contribution in [1.82, 2.24) is 9.55 Å². The molecule has 6 heteroatoms. The van der Waals surface area contributed by atoms with Crippen molar-refractivity contribution in [2.45, 2.75) is 46.3 Å². The highest BCUT2D eigenvalue weighted by Crippen LogP contribution is 2.26. The van der Waals surface area contributed by atoms with Crippen LogP contribution in [0.5, 0.6) is 0 Å². The van der Waals surface area contributed by atoms with Crippen LogP contribution in [0.3, 0.4) is 0 Å². The van der Waals surface area contributed by atoms with Gasteiger partial charge < -0.3 is 19.8 Å². The normalized spacial score (nSPS) is 22.1. The second-order valence-corrected chi connectivity index (χ2v) is 5.07. The van der Waals surface area contributed by atoms with E-state index in [0.29, 0.717) is 18.3 Å². The number of carbonyl (C=O) groups is 1. The summed E-state index contributed by atoms with van der Waals surface area (Å²) >= 11 is 0. The highest BCUT2D eigenvalue weighted by atomic mass is 16.5. The van der Waals surface area contributed by atoms with Crippen LogP contribution in [0.15, 0.2) is 0 Å². The van der Waals surface area contributed by atoms with Crippen molar-refractivity contribution < 1.29 is 14.3 Å². The van der Waals surface area contributed by atoms with E-state index in [4.69, 9.17) is 15.2 Å². The first-order valence-electron chi connectivity index (χ1n) is 7.22. The SMILES string of the molecule is CCOC(=O)c1nc(CC)n(CC2CCOC2C)c1N. The maximum atomic E-state index is 11.8. The first-order chi connectivity index (χ1) is 9.58. The fourth-order valence-corrected chi connectivity index (χ4v) is 2.59. The summed E-state index contributed by atoms with van der Waals surface area (Å²) in [6.07, 6.45) is 1.95. The zero-order chi connectivity index (χ0) is 14.7. The maximum Gasteiger partial charge on any atom is 0.360 e. The number of rotatable bonds is 5. The van der Waals surface area contributed by atoms with Gasteiger partial charge in [-0.15, -0.1) is 0 Å². The quantitative estimate of drug-likeness (QED) is 0.830. The Morgan fingerprint density at radius 2 is 2.30 bits per heavy atom. The number of anilines is 1. The Kier molecular flexibility index (Phi) is 4.65. The van der Waals surface area contributed by atoms with Crippen molar-refractivity contribution in [3.8, 4) is 0 Å². The average Bonchev–Trinajstić information content (AvgIpc) is 2.96. The number of nitrogens with two attached hydrogens (primary N) is 1. The van der Waals surface area contributed by atoms with E-state index in [9.17, 15) is 4.79 Å². The molecule has 112 valence electrons. The van der Waals surface area contributed by atoms with Crippen LogP contribution in [-0.4, -0.2) is 34.8 Å². The second kappa shape index (κ2) is 6.26. The molecule has 20 heavy (non-hydrogen) atoms. The van der Waals surface area contributed by atoms with Gasteiger partial charge in [-0.25, -0.2) is 9.78 Å². The van der Waals surface area contributed by atoms with E-state index in [1.807, 2.05) is 11.5 Å². The highest BCUT2D eigenvalue weighted by Gasteiger charge is 2.28. The number of esters is 1. The molecule has 2 atom stereocenters. The van der Waals surface area contributed by atoms with Gasteiger partial charge in [-0.3, -0.25) is 0 Å². The molecule has 1 aromatic heterocycles. The van der Waals surface area contributed by atoms with Gasteiger partial charge in [0.15, 0.2) is 5.69 Å². The predicted octanol–water partition coefficient (Wildman–Crippen LogP) is 1.63. The molecule has 0 saturated carbocycles. The van der Waals surface area contributed by atoms with Crippen LogP contribution in [0.25, 0.3) is 0 Å². The van der Waals surface area contributed by atoms with Crippen LogP contribution in [0.4, 0.5) is 5.82 Å². The first kappa shape index (κ1) is 14.8. The largest absolute Gasteiger partial charge is 0.461 e. The molecule has 2 unspecified atom stereocenters. The van der Waals surface area contributed by atoms with Crippen molar-refractivity contribution in [2.24, 2.45) is 5.92 Å². The van der Waals surface area contributed by atoms with E-state index in [1.165, 1.54) is 0 Å². The van der Waals surface area contributed by atoms with Gasteiger partial charge in [0.05, 0.1) is 12.7 Å². The molecular formula is C14H23N3O3. The summed E-state index contributed by atoms with van der Waals surface area (Å²) in [5.41, 5.74) is 6.33. The Bertz CT molecular complexity index is 484. The van der Waals surface area contributed by atoms with E-state index in [-0.39, 0.29) is 11.8 Å².